The summed E-state index contributed by atoms with van der Waals surface area (Å²) in [5.74, 6) is -9.04. The summed E-state index contributed by atoms with van der Waals surface area (Å²) in [7, 11) is 0. The van der Waals surface area contributed by atoms with Crippen LogP contribution in [0.15, 0.2) is 5.10 Å². The summed E-state index contributed by atoms with van der Waals surface area (Å²) in [4.78, 5) is 9.02. The third kappa shape index (κ3) is 2.46. The van der Waals surface area contributed by atoms with Crippen molar-refractivity contribution in [1.82, 2.24) is 0 Å². The van der Waals surface area contributed by atoms with E-state index < -0.39 is 45.3 Å². The number of nitrogens with one attached hydrogen (secondary N) is 1. The van der Waals surface area contributed by atoms with E-state index in [9.17, 15) is 27.7 Å². The lowest BCUT2D eigenvalue weighted by Crippen LogP contribution is -2.08. The molecule has 20 heavy (non-hydrogen) atoms. The van der Waals surface area contributed by atoms with Crippen LogP contribution in [-0.4, -0.2) is 10.6 Å². The van der Waals surface area contributed by atoms with Crippen molar-refractivity contribution in [3.63, 3.8) is 0 Å². The maximum Gasteiger partial charge on any atom is 0.335 e. The number of nitro groups is 1. The molecule has 0 aliphatic heterocycles. The first-order valence-corrected chi connectivity index (χ1v) is 4.49. The first kappa shape index (κ1) is 14.8. The van der Waals surface area contributed by atoms with Crippen molar-refractivity contribution < 1.29 is 22.5 Å². The highest BCUT2D eigenvalue weighted by Crippen LogP contribution is 2.34. The maximum absolute atomic E-state index is 13.3. The largest absolute Gasteiger partial charge is 0.335 e. The second kappa shape index (κ2) is 5.62. The third-order valence-corrected chi connectivity index (χ3v) is 1.92. The van der Waals surface area contributed by atoms with Crippen LogP contribution in [0.2, 0.25) is 0 Å². The Morgan fingerprint density at radius 1 is 1.10 bits per heavy atom. The van der Waals surface area contributed by atoms with Crippen molar-refractivity contribution in [1.29, 1.82) is 10.5 Å². The first-order valence-electron chi connectivity index (χ1n) is 4.49. The standard InChI is InChI=1S/C9HF4N5O2/c10-4-5(11)7(13)9(18(19)20)8(6(4)12)17-16-3(1-14)2-15/h17H. The molecule has 102 valence electrons. The van der Waals surface area contributed by atoms with E-state index in [1.54, 1.807) is 0 Å². The van der Waals surface area contributed by atoms with Gasteiger partial charge in [0.05, 0.1) is 4.92 Å². The smallest absolute Gasteiger partial charge is 0.267 e. The van der Waals surface area contributed by atoms with Gasteiger partial charge in [-0.1, -0.05) is 0 Å². The second-order valence-corrected chi connectivity index (χ2v) is 3.03. The Morgan fingerprint density at radius 2 is 1.60 bits per heavy atom. The van der Waals surface area contributed by atoms with E-state index in [2.05, 4.69) is 5.10 Å². The van der Waals surface area contributed by atoms with Crippen molar-refractivity contribution in [2.45, 2.75) is 0 Å². The van der Waals surface area contributed by atoms with Crippen molar-refractivity contribution in [2.24, 2.45) is 5.10 Å². The Morgan fingerprint density at radius 3 is 2.05 bits per heavy atom. The highest BCUT2D eigenvalue weighted by Gasteiger charge is 2.33. The molecule has 1 aromatic rings. The summed E-state index contributed by atoms with van der Waals surface area (Å²) in [5, 5.41) is 30.1. The molecule has 1 rings (SSSR count). The highest BCUT2D eigenvalue weighted by atomic mass is 19.2. The van der Waals surface area contributed by atoms with Gasteiger partial charge in [-0.2, -0.15) is 20.0 Å². The van der Waals surface area contributed by atoms with Gasteiger partial charge in [-0.3, -0.25) is 15.5 Å². The normalized spacial score (nSPS) is 9.30. The molecule has 0 heterocycles. The quantitative estimate of drug-likeness (QED) is 0.228. The van der Waals surface area contributed by atoms with E-state index >= 15 is 0 Å². The SMILES string of the molecule is N#CC(C#N)=NNc1c(F)c(F)c(F)c(F)c1[N+](=O)[O-]. The summed E-state index contributed by atoms with van der Waals surface area (Å²) in [6.45, 7) is 0. The van der Waals surface area contributed by atoms with Gasteiger partial charge in [0.25, 0.3) is 0 Å². The summed E-state index contributed by atoms with van der Waals surface area (Å²) >= 11 is 0. The molecule has 0 amide bonds. The van der Waals surface area contributed by atoms with Crippen LogP contribution >= 0.6 is 0 Å². The predicted molar refractivity (Wildman–Crippen MR) is 55.2 cm³/mol. The molecule has 1 aromatic carbocycles. The highest BCUT2D eigenvalue weighted by molar-refractivity contribution is 6.10. The molecular weight excluding hydrogens is 286 g/mol. The Balaban J connectivity index is 3.55. The van der Waals surface area contributed by atoms with Crippen molar-refractivity contribution in [3.8, 4) is 12.1 Å². The van der Waals surface area contributed by atoms with Gasteiger partial charge in [-0.25, -0.2) is 13.2 Å². The lowest BCUT2D eigenvalue weighted by Gasteiger charge is -2.06. The molecule has 0 aliphatic carbocycles. The molecule has 0 bridgehead atoms. The monoisotopic (exact) mass is 287 g/mol. The molecule has 0 fully saturated rings. The van der Waals surface area contributed by atoms with E-state index in [4.69, 9.17) is 10.5 Å². The zero-order chi connectivity index (χ0) is 15.4. The number of hydrogen-bond donors (Lipinski definition) is 1. The van der Waals surface area contributed by atoms with Crippen molar-refractivity contribution in [3.05, 3.63) is 33.4 Å². The summed E-state index contributed by atoms with van der Waals surface area (Å²) in [6.07, 6.45) is 0. The summed E-state index contributed by atoms with van der Waals surface area (Å²) in [5.41, 5.74) is -2.65. The van der Waals surface area contributed by atoms with Gasteiger partial charge in [-0.15, -0.1) is 0 Å². The van der Waals surface area contributed by atoms with Crippen LogP contribution in [-0.2, 0) is 0 Å². The average molecular weight is 287 g/mol. The van der Waals surface area contributed by atoms with Crippen LogP contribution in [0.5, 0.6) is 0 Å². The Hall–Kier alpha value is -3.21. The Kier molecular flexibility index (Phi) is 4.17. The molecule has 7 nitrogen and oxygen atoms in total. The molecule has 0 atom stereocenters. The van der Waals surface area contributed by atoms with Crippen LogP contribution < -0.4 is 5.43 Å². The molecule has 0 aromatic heterocycles. The summed E-state index contributed by atoms with van der Waals surface area (Å²) < 4.78 is 52.4. The maximum atomic E-state index is 13.3. The first-order chi connectivity index (χ1) is 9.34. The second-order valence-electron chi connectivity index (χ2n) is 3.03. The molecule has 0 radical (unpaired) electrons. The predicted octanol–water partition coefficient (Wildman–Crippen LogP) is 1.97. The van der Waals surface area contributed by atoms with Gasteiger partial charge in [0.15, 0.2) is 17.3 Å². The lowest BCUT2D eigenvalue weighted by atomic mass is 10.2. The number of nitriles is 2. The minimum atomic E-state index is -2.37. The van der Waals surface area contributed by atoms with Crippen LogP contribution in [0, 0.1) is 56.0 Å². The zero-order valence-corrected chi connectivity index (χ0v) is 9.12. The Bertz CT molecular complexity index is 688. The topological polar surface area (TPSA) is 115 Å². The Labute approximate surface area is 107 Å². The van der Waals surface area contributed by atoms with Crippen molar-refractivity contribution in [2.75, 3.05) is 5.43 Å². The molecule has 1 N–H and O–H groups in total. The lowest BCUT2D eigenvalue weighted by molar-refractivity contribution is -0.387. The van der Waals surface area contributed by atoms with Gasteiger partial charge in [0.2, 0.25) is 17.3 Å². The van der Waals surface area contributed by atoms with Gasteiger partial charge in [-0.05, 0) is 0 Å². The number of halogens is 4. The van der Waals surface area contributed by atoms with Crippen LogP contribution in [0.1, 0.15) is 0 Å². The number of anilines is 1. The molecule has 0 aliphatic rings. The number of nitrogens with zero attached hydrogens (tertiary/aromatic N) is 4. The van der Waals surface area contributed by atoms with Gasteiger partial charge in [0.1, 0.15) is 12.1 Å². The molecule has 0 saturated heterocycles. The number of rotatable bonds is 3. The van der Waals surface area contributed by atoms with E-state index in [1.165, 1.54) is 17.6 Å². The van der Waals surface area contributed by atoms with E-state index in [0.717, 1.165) is 0 Å². The van der Waals surface area contributed by atoms with Crippen LogP contribution in [0.25, 0.3) is 0 Å². The number of benzene rings is 1. The van der Waals surface area contributed by atoms with E-state index in [-0.39, 0.29) is 0 Å². The number of hydrogen-bond acceptors (Lipinski definition) is 6. The average Bonchev–Trinajstić information content (AvgIpc) is 2.42. The number of nitro benzene ring substituents is 1. The van der Waals surface area contributed by atoms with E-state index in [1.807, 2.05) is 0 Å². The van der Waals surface area contributed by atoms with Crippen LogP contribution in [0.3, 0.4) is 0 Å². The van der Waals surface area contributed by atoms with Gasteiger partial charge in [0, 0.05) is 0 Å². The van der Waals surface area contributed by atoms with Gasteiger partial charge < -0.3 is 0 Å². The molecule has 11 heteroatoms. The third-order valence-electron chi connectivity index (χ3n) is 1.92. The summed E-state index contributed by atoms with van der Waals surface area (Å²) in [6, 6.07) is 2.41. The van der Waals surface area contributed by atoms with Crippen LogP contribution in [0.4, 0.5) is 28.9 Å². The number of hydrazone groups is 1. The minimum Gasteiger partial charge on any atom is -0.267 e. The molecule has 0 spiro atoms. The molecule has 0 saturated carbocycles. The van der Waals surface area contributed by atoms with Crippen molar-refractivity contribution >= 4 is 17.1 Å². The van der Waals surface area contributed by atoms with E-state index in [0.29, 0.717) is 0 Å². The van der Waals surface area contributed by atoms with Gasteiger partial charge >= 0.3 is 5.69 Å². The fraction of sp³-hybridized carbons (Fsp3) is 0. The fourth-order valence-electron chi connectivity index (χ4n) is 1.08. The molecule has 0 unspecified atom stereocenters. The zero-order valence-electron chi connectivity index (χ0n) is 9.12. The fourth-order valence-corrected chi connectivity index (χ4v) is 1.08. The minimum absolute atomic E-state index is 0.899. The molecular formula is C9HF4N5O2.